The molecule has 1 aliphatic carbocycles. The van der Waals surface area contributed by atoms with Crippen LogP contribution < -0.4 is 21.0 Å². The molecule has 1 saturated heterocycles. The van der Waals surface area contributed by atoms with E-state index in [1.807, 2.05) is 18.2 Å². The molecule has 2 aliphatic heterocycles. The summed E-state index contributed by atoms with van der Waals surface area (Å²) >= 11 is 6.19. The number of carbonyl (C=O) groups excluding carboxylic acids is 1. The third-order valence-electron chi connectivity index (χ3n) is 5.26. The van der Waals surface area contributed by atoms with Crippen molar-refractivity contribution >= 4 is 28.4 Å². The Bertz CT molecular complexity index is 818. The Morgan fingerprint density at radius 1 is 1.33 bits per heavy atom. The highest BCUT2D eigenvalue weighted by atomic mass is 35.5. The summed E-state index contributed by atoms with van der Waals surface area (Å²) in [5, 5.41) is 11.3. The molecule has 1 amide bonds. The van der Waals surface area contributed by atoms with E-state index in [9.17, 15) is 4.79 Å². The van der Waals surface area contributed by atoms with Gasteiger partial charge < -0.3 is 15.5 Å². The second-order valence-electron chi connectivity index (χ2n) is 7.23. The Balaban J connectivity index is 1.47. The Kier molecular flexibility index (Phi) is 5.18. The monoisotopic (exact) mass is 385 g/mol. The van der Waals surface area contributed by atoms with Crippen molar-refractivity contribution in [2.24, 2.45) is 16.9 Å². The minimum atomic E-state index is -0.282. The SMILES string of the molecule is CC1CN(c2ccccc2CNC2=CC3C(Cl)=NNC(=O)C3C=C2)CCN1. The Labute approximate surface area is 164 Å². The van der Waals surface area contributed by atoms with Gasteiger partial charge in [-0.1, -0.05) is 42.0 Å². The van der Waals surface area contributed by atoms with Crippen molar-refractivity contribution in [2.75, 3.05) is 24.5 Å². The van der Waals surface area contributed by atoms with Gasteiger partial charge >= 0.3 is 0 Å². The summed E-state index contributed by atoms with van der Waals surface area (Å²) in [6, 6.07) is 8.99. The lowest BCUT2D eigenvalue weighted by Crippen LogP contribution is -2.49. The van der Waals surface area contributed by atoms with Crippen molar-refractivity contribution in [1.29, 1.82) is 0 Å². The fourth-order valence-corrected chi connectivity index (χ4v) is 4.08. The highest BCUT2D eigenvalue weighted by Gasteiger charge is 2.33. The summed E-state index contributed by atoms with van der Waals surface area (Å²) in [5.74, 6) is -0.596. The molecule has 2 heterocycles. The molecule has 1 aromatic carbocycles. The number of anilines is 1. The number of allylic oxidation sites excluding steroid dienone is 2. The maximum Gasteiger partial charge on any atom is 0.248 e. The van der Waals surface area contributed by atoms with Gasteiger partial charge in [0.15, 0.2) is 0 Å². The van der Waals surface area contributed by atoms with E-state index >= 15 is 0 Å². The highest BCUT2D eigenvalue weighted by Crippen LogP contribution is 2.28. The first-order valence-electron chi connectivity index (χ1n) is 9.35. The van der Waals surface area contributed by atoms with Gasteiger partial charge in [-0.3, -0.25) is 4.79 Å². The zero-order valence-corrected chi connectivity index (χ0v) is 16.0. The van der Waals surface area contributed by atoms with Crippen molar-refractivity contribution in [3.8, 4) is 0 Å². The quantitative estimate of drug-likeness (QED) is 0.741. The van der Waals surface area contributed by atoms with Gasteiger partial charge in [0.1, 0.15) is 5.17 Å². The van der Waals surface area contributed by atoms with Gasteiger partial charge in [0, 0.05) is 49.5 Å². The molecule has 0 bridgehead atoms. The number of hydrogen-bond acceptors (Lipinski definition) is 5. The summed E-state index contributed by atoms with van der Waals surface area (Å²) in [5.41, 5.74) is 5.94. The average Bonchev–Trinajstić information content (AvgIpc) is 2.69. The fourth-order valence-electron chi connectivity index (χ4n) is 3.84. The standard InChI is InChI=1S/C20H24ClN5O/c1-13-12-26(9-8-22-13)18-5-3-2-4-14(18)11-23-15-6-7-16-17(10-15)19(21)24-25-20(16)27/h2-7,10,13,16-17,22-23H,8-9,11-12H2,1H3,(H,25,27). The van der Waals surface area contributed by atoms with Crippen LogP contribution >= 0.6 is 11.6 Å². The minimum absolute atomic E-state index is 0.117. The van der Waals surface area contributed by atoms with Crippen LogP contribution in [0.3, 0.4) is 0 Å². The molecule has 1 aromatic rings. The third-order valence-corrected chi connectivity index (χ3v) is 5.60. The maximum atomic E-state index is 11.9. The number of hydrazone groups is 1. The first kappa shape index (κ1) is 18.1. The average molecular weight is 386 g/mol. The molecule has 3 atom stereocenters. The van der Waals surface area contributed by atoms with Crippen LogP contribution in [0.1, 0.15) is 12.5 Å². The number of amides is 1. The number of piperazine rings is 1. The smallest absolute Gasteiger partial charge is 0.248 e. The number of nitrogens with zero attached hydrogens (tertiary/aromatic N) is 2. The van der Waals surface area contributed by atoms with E-state index in [2.05, 4.69) is 57.2 Å². The Hall–Kier alpha value is -2.31. The summed E-state index contributed by atoms with van der Waals surface area (Å²) in [6.45, 7) is 5.94. The summed E-state index contributed by atoms with van der Waals surface area (Å²) in [7, 11) is 0. The largest absolute Gasteiger partial charge is 0.381 e. The normalized spacial score (nSPS) is 27.4. The molecule has 27 heavy (non-hydrogen) atoms. The number of carbonyl (C=O) groups is 1. The summed E-state index contributed by atoms with van der Waals surface area (Å²) in [6.07, 6.45) is 5.83. The summed E-state index contributed by atoms with van der Waals surface area (Å²) < 4.78 is 0. The number of nitrogens with one attached hydrogen (secondary N) is 3. The van der Waals surface area contributed by atoms with E-state index in [1.165, 1.54) is 11.3 Å². The first-order valence-corrected chi connectivity index (χ1v) is 9.72. The van der Waals surface area contributed by atoms with Crippen LogP contribution in [0.25, 0.3) is 0 Å². The lowest BCUT2D eigenvalue weighted by molar-refractivity contribution is -0.124. The number of rotatable bonds is 4. The number of fused-ring (bicyclic) bond motifs is 1. The molecule has 1 fully saturated rings. The highest BCUT2D eigenvalue weighted by molar-refractivity contribution is 6.66. The van der Waals surface area contributed by atoms with E-state index < -0.39 is 0 Å². The van der Waals surface area contributed by atoms with Crippen LogP contribution in [-0.2, 0) is 11.3 Å². The topological polar surface area (TPSA) is 68.8 Å². The maximum absolute atomic E-state index is 11.9. The lowest BCUT2D eigenvalue weighted by atomic mass is 9.86. The molecule has 0 spiro atoms. The fraction of sp³-hybridized carbons (Fsp3) is 0.400. The van der Waals surface area contributed by atoms with Crippen molar-refractivity contribution in [1.82, 2.24) is 16.1 Å². The number of benzene rings is 1. The van der Waals surface area contributed by atoms with Gasteiger partial charge in [-0.2, -0.15) is 5.10 Å². The summed E-state index contributed by atoms with van der Waals surface area (Å²) in [4.78, 5) is 14.4. The minimum Gasteiger partial charge on any atom is -0.381 e. The van der Waals surface area contributed by atoms with E-state index in [1.54, 1.807) is 0 Å². The van der Waals surface area contributed by atoms with Gasteiger partial charge in [0.05, 0.1) is 5.92 Å². The predicted molar refractivity (Wildman–Crippen MR) is 109 cm³/mol. The van der Waals surface area contributed by atoms with Gasteiger partial charge in [0.2, 0.25) is 5.91 Å². The Morgan fingerprint density at radius 2 is 2.19 bits per heavy atom. The van der Waals surface area contributed by atoms with Gasteiger partial charge in [-0.25, -0.2) is 5.43 Å². The number of hydrogen-bond donors (Lipinski definition) is 3. The molecule has 142 valence electrons. The molecule has 4 rings (SSSR count). The second kappa shape index (κ2) is 7.74. The van der Waals surface area contributed by atoms with Gasteiger partial charge in [-0.05, 0) is 24.6 Å². The number of halogens is 1. The van der Waals surface area contributed by atoms with Crippen LogP contribution in [0, 0.1) is 11.8 Å². The van der Waals surface area contributed by atoms with Crippen LogP contribution in [0.2, 0.25) is 0 Å². The van der Waals surface area contributed by atoms with E-state index in [-0.39, 0.29) is 17.7 Å². The molecular formula is C20H24ClN5O. The molecule has 3 N–H and O–H groups in total. The van der Waals surface area contributed by atoms with Crippen LogP contribution in [-0.4, -0.2) is 36.8 Å². The number of para-hydroxylation sites is 1. The van der Waals surface area contributed by atoms with Crippen LogP contribution in [0.5, 0.6) is 0 Å². The first-order chi connectivity index (χ1) is 13.1. The van der Waals surface area contributed by atoms with Crippen LogP contribution in [0.15, 0.2) is 53.3 Å². The third kappa shape index (κ3) is 3.87. The van der Waals surface area contributed by atoms with Crippen molar-refractivity contribution in [2.45, 2.75) is 19.5 Å². The van der Waals surface area contributed by atoms with E-state index in [0.717, 1.165) is 25.3 Å². The molecule has 3 unspecified atom stereocenters. The molecule has 0 saturated carbocycles. The van der Waals surface area contributed by atoms with Crippen molar-refractivity contribution < 1.29 is 4.79 Å². The van der Waals surface area contributed by atoms with Gasteiger partial charge in [-0.15, -0.1) is 0 Å². The lowest BCUT2D eigenvalue weighted by Gasteiger charge is -2.35. The van der Waals surface area contributed by atoms with Crippen molar-refractivity contribution in [3.05, 3.63) is 53.8 Å². The predicted octanol–water partition coefficient (Wildman–Crippen LogP) is 1.94. The van der Waals surface area contributed by atoms with Crippen molar-refractivity contribution in [3.63, 3.8) is 0 Å². The molecular weight excluding hydrogens is 362 g/mol. The molecule has 0 radical (unpaired) electrons. The Morgan fingerprint density at radius 3 is 3.04 bits per heavy atom. The zero-order chi connectivity index (χ0) is 18.8. The van der Waals surface area contributed by atoms with Crippen LogP contribution in [0.4, 0.5) is 5.69 Å². The molecule has 0 aromatic heterocycles. The second-order valence-corrected chi connectivity index (χ2v) is 7.61. The molecule has 6 nitrogen and oxygen atoms in total. The van der Waals surface area contributed by atoms with Gasteiger partial charge in [0.25, 0.3) is 0 Å². The molecule has 3 aliphatic rings. The van der Waals surface area contributed by atoms with E-state index in [4.69, 9.17) is 11.6 Å². The van der Waals surface area contributed by atoms with E-state index in [0.29, 0.717) is 17.8 Å². The zero-order valence-electron chi connectivity index (χ0n) is 15.3. The molecule has 7 heteroatoms.